The van der Waals surface area contributed by atoms with Gasteiger partial charge in [0.1, 0.15) is 0 Å². The lowest BCUT2D eigenvalue weighted by Gasteiger charge is -2.36. The van der Waals surface area contributed by atoms with Crippen LogP contribution in [0.15, 0.2) is 0 Å². The van der Waals surface area contributed by atoms with Crippen LogP contribution in [-0.2, 0) is 0 Å². The molecule has 3 aliphatic carbocycles. The van der Waals surface area contributed by atoms with E-state index < -0.39 is 0 Å². The minimum Gasteiger partial charge on any atom is -0.0654 e. The van der Waals surface area contributed by atoms with Gasteiger partial charge in [-0.2, -0.15) is 0 Å². The van der Waals surface area contributed by atoms with E-state index in [1.165, 1.54) is 51.4 Å². The molecule has 0 aromatic rings. The maximum absolute atomic E-state index is 2.33. The Morgan fingerprint density at radius 3 is 0.906 bits per heavy atom. The molecule has 32 heavy (non-hydrogen) atoms. The third-order valence-corrected chi connectivity index (χ3v) is 10.2. The highest BCUT2D eigenvalue weighted by Crippen LogP contribution is 2.42. The molecular weight excluding hydrogens is 384 g/mol. The molecule has 0 aromatic carbocycles. The van der Waals surface area contributed by atoms with Crippen LogP contribution in [0.1, 0.15) is 168 Å². The molecular formula is C32H60. The molecule has 0 aromatic heterocycles. The second kappa shape index (κ2) is 15.8. The van der Waals surface area contributed by atoms with Gasteiger partial charge in [-0.05, 0) is 48.3 Å². The number of hydrogen-bond donors (Lipinski definition) is 0. The molecule has 0 N–H and O–H groups in total. The Labute approximate surface area is 203 Å². The average Bonchev–Trinajstić information content (AvgIpc) is 2.83. The molecule has 0 amide bonds. The largest absolute Gasteiger partial charge is 0.0654 e. The topological polar surface area (TPSA) is 0 Å². The van der Waals surface area contributed by atoms with Crippen molar-refractivity contribution in [2.24, 2.45) is 35.5 Å². The van der Waals surface area contributed by atoms with Crippen LogP contribution >= 0.6 is 0 Å². The Morgan fingerprint density at radius 2 is 0.625 bits per heavy atom. The van der Waals surface area contributed by atoms with E-state index in [1.807, 2.05) is 0 Å². The summed E-state index contributed by atoms with van der Waals surface area (Å²) in [5.41, 5.74) is 0. The van der Waals surface area contributed by atoms with E-state index in [0.717, 1.165) is 35.5 Å². The van der Waals surface area contributed by atoms with Crippen LogP contribution in [0, 0.1) is 35.5 Å². The van der Waals surface area contributed by atoms with Crippen LogP contribution in [0.25, 0.3) is 0 Å². The highest BCUT2D eigenvalue weighted by atomic mass is 14.3. The van der Waals surface area contributed by atoms with Crippen molar-refractivity contribution in [3.63, 3.8) is 0 Å². The molecule has 188 valence electrons. The molecule has 3 fully saturated rings. The minimum absolute atomic E-state index is 1.09. The van der Waals surface area contributed by atoms with Gasteiger partial charge in [-0.15, -0.1) is 0 Å². The lowest BCUT2D eigenvalue weighted by Crippen LogP contribution is -2.23. The summed E-state index contributed by atoms with van der Waals surface area (Å²) in [7, 11) is 0. The summed E-state index contributed by atoms with van der Waals surface area (Å²) >= 11 is 0. The van der Waals surface area contributed by atoms with E-state index in [4.69, 9.17) is 0 Å². The van der Waals surface area contributed by atoms with Crippen molar-refractivity contribution >= 4 is 0 Å². The van der Waals surface area contributed by atoms with Crippen LogP contribution in [0.4, 0.5) is 0 Å². The third-order valence-electron chi connectivity index (χ3n) is 10.2. The summed E-state index contributed by atoms with van der Waals surface area (Å²) in [6.07, 6.45) is 36.8. The van der Waals surface area contributed by atoms with Crippen LogP contribution in [0.3, 0.4) is 0 Å². The highest BCUT2D eigenvalue weighted by molar-refractivity contribution is 4.81. The molecule has 0 heteroatoms. The van der Waals surface area contributed by atoms with Crippen molar-refractivity contribution in [2.45, 2.75) is 168 Å². The maximum Gasteiger partial charge on any atom is -0.0411 e. The minimum atomic E-state index is 1.09. The lowest BCUT2D eigenvalue weighted by molar-refractivity contribution is 0.161. The van der Waals surface area contributed by atoms with Crippen molar-refractivity contribution in [1.29, 1.82) is 0 Å². The van der Waals surface area contributed by atoms with E-state index in [9.17, 15) is 0 Å². The summed E-state index contributed by atoms with van der Waals surface area (Å²) < 4.78 is 0. The summed E-state index contributed by atoms with van der Waals surface area (Å²) in [5.74, 6) is 6.55. The van der Waals surface area contributed by atoms with E-state index in [1.54, 1.807) is 103 Å². The highest BCUT2D eigenvalue weighted by Gasteiger charge is 2.29. The standard InChI is InChI=1S/C32H60/c1-3-5-7-9-11-27-13-17-29(18-14-27)25-31-21-23-32(24-22-31)26-30-19-15-28(16-20-30)12-10-8-6-4-2/h27-32H,3-26H2,1-2H3/t27?,28?,29?,30?,31-,32-. The normalized spacial score (nSPS) is 33.9. The maximum atomic E-state index is 2.33. The van der Waals surface area contributed by atoms with Gasteiger partial charge in [0.25, 0.3) is 0 Å². The van der Waals surface area contributed by atoms with Gasteiger partial charge >= 0.3 is 0 Å². The van der Waals surface area contributed by atoms with E-state index in [2.05, 4.69) is 13.8 Å². The molecule has 0 bridgehead atoms. The summed E-state index contributed by atoms with van der Waals surface area (Å²) in [5, 5.41) is 0. The number of hydrogen-bond acceptors (Lipinski definition) is 0. The van der Waals surface area contributed by atoms with Crippen molar-refractivity contribution < 1.29 is 0 Å². The smallest absolute Gasteiger partial charge is 0.0411 e. The molecule has 3 aliphatic rings. The first-order valence-corrected chi connectivity index (χ1v) is 15.8. The Hall–Kier alpha value is 0. The Balaban J connectivity index is 1.20. The van der Waals surface area contributed by atoms with E-state index in [-0.39, 0.29) is 0 Å². The third kappa shape index (κ3) is 10.1. The van der Waals surface area contributed by atoms with Gasteiger partial charge in [0.2, 0.25) is 0 Å². The molecule has 0 heterocycles. The molecule has 0 radical (unpaired) electrons. The summed E-state index contributed by atoms with van der Waals surface area (Å²) in [6.45, 7) is 4.67. The summed E-state index contributed by atoms with van der Waals surface area (Å²) in [4.78, 5) is 0. The second-order valence-corrected chi connectivity index (χ2v) is 12.8. The molecule has 0 aliphatic heterocycles. The van der Waals surface area contributed by atoms with Crippen LogP contribution in [0.2, 0.25) is 0 Å². The molecule has 3 rings (SSSR count). The molecule has 0 nitrogen and oxygen atoms in total. The zero-order valence-electron chi connectivity index (χ0n) is 22.4. The predicted octanol–water partition coefficient (Wildman–Crippen LogP) is 11.1. The zero-order chi connectivity index (χ0) is 22.4. The van der Waals surface area contributed by atoms with Gasteiger partial charge < -0.3 is 0 Å². The Bertz CT molecular complexity index is 387. The second-order valence-electron chi connectivity index (χ2n) is 12.8. The molecule has 0 unspecified atom stereocenters. The monoisotopic (exact) mass is 444 g/mol. The quantitative estimate of drug-likeness (QED) is 0.234. The van der Waals surface area contributed by atoms with Crippen molar-refractivity contribution in [3.05, 3.63) is 0 Å². The molecule has 0 atom stereocenters. The van der Waals surface area contributed by atoms with Gasteiger partial charge in [0.15, 0.2) is 0 Å². The fraction of sp³-hybridized carbons (Fsp3) is 1.00. The van der Waals surface area contributed by atoms with E-state index >= 15 is 0 Å². The van der Waals surface area contributed by atoms with Gasteiger partial charge in [0, 0.05) is 0 Å². The zero-order valence-corrected chi connectivity index (χ0v) is 22.4. The molecule has 0 saturated heterocycles. The average molecular weight is 445 g/mol. The van der Waals surface area contributed by atoms with Crippen molar-refractivity contribution in [2.75, 3.05) is 0 Å². The Morgan fingerprint density at radius 1 is 0.344 bits per heavy atom. The molecule has 3 saturated carbocycles. The Kier molecular flexibility index (Phi) is 13.1. The first-order chi connectivity index (χ1) is 15.8. The van der Waals surface area contributed by atoms with Crippen LogP contribution < -0.4 is 0 Å². The first kappa shape index (κ1) is 26.6. The number of rotatable bonds is 14. The van der Waals surface area contributed by atoms with Crippen molar-refractivity contribution in [3.8, 4) is 0 Å². The van der Waals surface area contributed by atoms with Gasteiger partial charge in [0.05, 0.1) is 0 Å². The fourth-order valence-electron chi connectivity index (χ4n) is 7.88. The predicted molar refractivity (Wildman–Crippen MR) is 143 cm³/mol. The van der Waals surface area contributed by atoms with Crippen molar-refractivity contribution in [1.82, 2.24) is 0 Å². The fourth-order valence-corrected chi connectivity index (χ4v) is 7.88. The SMILES string of the molecule is CCCCCCC1CCC(C[C@H]2CC[C@H](CC3CCC(CCCCCC)CC3)CC2)CC1. The van der Waals surface area contributed by atoms with Crippen LogP contribution in [-0.4, -0.2) is 0 Å². The first-order valence-electron chi connectivity index (χ1n) is 15.8. The molecule has 0 spiro atoms. The van der Waals surface area contributed by atoms with Gasteiger partial charge in [-0.1, -0.05) is 155 Å². The number of unbranched alkanes of at least 4 members (excludes halogenated alkanes) is 6. The summed E-state index contributed by atoms with van der Waals surface area (Å²) in [6, 6.07) is 0. The lowest BCUT2D eigenvalue weighted by atomic mass is 9.70. The van der Waals surface area contributed by atoms with Gasteiger partial charge in [-0.3, -0.25) is 0 Å². The van der Waals surface area contributed by atoms with Crippen LogP contribution in [0.5, 0.6) is 0 Å². The van der Waals surface area contributed by atoms with E-state index in [0.29, 0.717) is 0 Å². The van der Waals surface area contributed by atoms with Gasteiger partial charge in [-0.25, -0.2) is 0 Å².